The number of methoxy groups -OCH3 is 6. The van der Waals surface area contributed by atoms with Gasteiger partial charge in [0, 0.05) is 43.1 Å². The number of nitrogens with zero attached hydrogens (tertiary/aromatic N) is 6. The minimum Gasteiger partial charge on any atom is -0.495 e. The summed E-state index contributed by atoms with van der Waals surface area (Å²) in [7, 11) is 10.1. The van der Waals surface area contributed by atoms with Gasteiger partial charge in [-0.25, -0.2) is 29.9 Å². The number of rotatable bonds is 6. The minimum absolute atomic E-state index is 0.317. The first-order chi connectivity index (χ1) is 40.2. The Hall–Kier alpha value is -10.6. The molecule has 0 fully saturated rings. The van der Waals surface area contributed by atoms with Crippen molar-refractivity contribution in [1.82, 2.24) is 39.9 Å². The third-order valence-electron chi connectivity index (χ3n) is 16.8. The van der Waals surface area contributed by atoms with E-state index in [9.17, 15) is 0 Å². The number of benzene rings is 11. The number of aromatic nitrogens is 8. The molecule has 0 saturated heterocycles. The highest BCUT2D eigenvalue weighted by atomic mass is 16.5. The molecule has 14 aromatic rings. The lowest BCUT2D eigenvalue weighted by atomic mass is 9.95. The maximum atomic E-state index is 6.58. The predicted molar refractivity (Wildman–Crippen MR) is 327 cm³/mol. The van der Waals surface area contributed by atoms with Crippen molar-refractivity contribution in [2.45, 2.75) is 13.8 Å². The van der Waals surface area contributed by atoms with Crippen LogP contribution in [0, 0.1) is 13.8 Å². The molecular formula is C68H48N8O6. The summed E-state index contributed by atoms with van der Waals surface area (Å²) in [6, 6.07) is 45.9. The summed E-state index contributed by atoms with van der Waals surface area (Å²) in [5.74, 6) is 4.74. The summed E-state index contributed by atoms with van der Waals surface area (Å²) in [6.07, 6.45) is 0. The van der Waals surface area contributed by atoms with Gasteiger partial charge in [-0.1, -0.05) is 97.1 Å². The lowest BCUT2D eigenvalue weighted by molar-refractivity contribution is 0.413. The molecule has 0 aliphatic carbocycles. The van der Waals surface area contributed by atoms with Crippen LogP contribution in [0.5, 0.6) is 34.5 Å². The largest absolute Gasteiger partial charge is 0.495 e. The van der Waals surface area contributed by atoms with Gasteiger partial charge in [0.15, 0.2) is 23.3 Å². The van der Waals surface area contributed by atoms with E-state index < -0.39 is 0 Å². The van der Waals surface area contributed by atoms with Crippen molar-refractivity contribution in [3.63, 3.8) is 0 Å². The van der Waals surface area contributed by atoms with Gasteiger partial charge in [-0.05, 0) is 104 Å². The summed E-state index contributed by atoms with van der Waals surface area (Å²) < 4.78 is 39.2. The smallest absolute Gasteiger partial charge is 0.168 e. The molecule has 0 radical (unpaired) electrons. The molecule has 3 aromatic heterocycles. The van der Waals surface area contributed by atoms with Crippen LogP contribution in [0.4, 0.5) is 0 Å². The molecule has 0 unspecified atom stereocenters. The van der Waals surface area contributed by atoms with E-state index in [4.69, 9.17) is 58.3 Å². The van der Waals surface area contributed by atoms with Crippen molar-refractivity contribution in [1.29, 1.82) is 0 Å². The van der Waals surface area contributed by atoms with Gasteiger partial charge in [-0.3, -0.25) is 0 Å². The van der Waals surface area contributed by atoms with Crippen molar-refractivity contribution < 1.29 is 28.4 Å². The topological polar surface area (TPSA) is 164 Å². The lowest BCUT2D eigenvalue weighted by Crippen LogP contribution is -1.97. The second-order valence-corrected chi connectivity index (χ2v) is 20.8. The van der Waals surface area contributed by atoms with Crippen LogP contribution >= 0.6 is 0 Å². The number of nitrogens with one attached hydrogen (secondary N) is 2. The molecule has 2 aliphatic heterocycles. The normalized spacial score (nSPS) is 12.1. The number of ether oxygens (including phenoxy) is 6. The Balaban J connectivity index is 1.17. The molecule has 396 valence electrons. The van der Waals surface area contributed by atoms with E-state index in [1.54, 1.807) is 42.7 Å². The fourth-order valence-electron chi connectivity index (χ4n) is 13.3. The number of aromatic amines is 2. The van der Waals surface area contributed by atoms with E-state index in [2.05, 4.69) is 115 Å². The van der Waals surface area contributed by atoms with Gasteiger partial charge in [0.25, 0.3) is 0 Å². The van der Waals surface area contributed by atoms with Crippen LogP contribution in [-0.2, 0) is 0 Å². The first-order valence-corrected chi connectivity index (χ1v) is 26.9. The van der Waals surface area contributed by atoms with Gasteiger partial charge < -0.3 is 38.4 Å². The highest BCUT2D eigenvalue weighted by molar-refractivity contribution is 6.22. The second kappa shape index (κ2) is 17.4. The summed E-state index contributed by atoms with van der Waals surface area (Å²) >= 11 is 0. The van der Waals surface area contributed by atoms with Crippen molar-refractivity contribution in [2.75, 3.05) is 42.7 Å². The van der Waals surface area contributed by atoms with E-state index in [-0.39, 0.29) is 0 Å². The van der Waals surface area contributed by atoms with Gasteiger partial charge in [0.05, 0.1) is 75.7 Å². The SMILES string of the molecule is COc1c2c(c(OC)c3cc4ccccc4cc13)-c1nc-2nc2[nH]c(nc3nc(nc4[nH]c(n1)c1c(C)c5cc6ccccc6cc5c(OC)c41)-c1c-3c(OC)c3cc4ccccc4cc3c1OC)c1c(OC)c3ccccc3c(C)c21. The fraction of sp³-hybridized carbons (Fsp3) is 0.118. The molecular weight excluding hydrogens is 1020 g/mol. The van der Waals surface area contributed by atoms with E-state index in [1.807, 2.05) is 42.5 Å². The quantitative estimate of drug-likeness (QED) is 0.152. The lowest BCUT2D eigenvalue weighted by Gasteiger charge is -2.17. The standard InChI is InChI=1S/C68H48N8O6/c1-31-39-23-15-16-24-40(39)55(77-3)49-47(31)61-69-63(49)73-67-53-54(60(82-8)46-30-38-22-14-13-21-37(38)29-45(46)59(53)81-7)68(76-67)74-64-50-48(32(2)41-25-33-17-9-10-18-34(33)26-42(41)56(50)78-4)62(70-64)72-66-52-51(65(71-61)75-66)57(79-5)43-27-35-19-11-12-20-36(35)28-44(43)58(52)80-6/h9-30H,1-8H3,(H2,69,70,71,72,73,74,75,76). The number of fused-ring (bicyclic) bond motifs is 27. The van der Waals surface area contributed by atoms with Gasteiger partial charge in [-0.2, -0.15) is 0 Å². The van der Waals surface area contributed by atoms with Crippen LogP contribution in [0.3, 0.4) is 0 Å². The second-order valence-electron chi connectivity index (χ2n) is 20.8. The highest BCUT2D eigenvalue weighted by Crippen LogP contribution is 2.55. The Morgan fingerprint density at radius 3 is 0.854 bits per heavy atom. The molecule has 5 heterocycles. The maximum absolute atomic E-state index is 6.58. The van der Waals surface area contributed by atoms with Crippen LogP contribution in [0.2, 0.25) is 0 Å². The Morgan fingerprint density at radius 1 is 0.268 bits per heavy atom. The number of hydrogen-bond donors (Lipinski definition) is 2. The maximum Gasteiger partial charge on any atom is 0.168 e. The molecule has 0 atom stereocenters. The Kier molecular flexibility index (Phi) is 10.1. The van der Waals surface area contributed by atoms with Crippen LogP contribution in [0.1, 0.15) is 11.1 Å². The Labute approximate surface area is 466 Å². The van der Waals surface area contributed by atoms with Gasteiger partial charge in [0.1, 0.15) is 57.1 Å². The summed E-state index contributed by atoms with van der Waals surface area (Å²) in [5, 5.41) is 16.2. The zero-order valence-corrected chi connectivity index (χ0v) is 45.8. The highest BCUT2D eigenvalue weighted by Gasteiger charge is 2.35. The molecule has 11 aromatic carbocycles. The van der Waals surface area contributed by atoms with E-state index in [0.717, 1.165) is 97.3 Å². The van der Waals surface area contributed by atoms with Crippen molar-refractivity contribution in [3.8, 4) is 80.0 Å². The molecule has 14 heteroatoms. The van der Waals surface area contributed by atoms with E-state index >= 15 is 0 Å². The molecule has 14 nitrogen and oxygen atoms in total. The third-order valence-corrected chi connectivity index (χ3v) is 16.8. The van der Waals surface area contributed by atoms with E-state index in [1.165, 1.54) is 0 Å². The number of hydrogen-bond acceptors (Lipinski definition) is 12. The number of H-pyrrole nitrogens is 2. The van der Waals surface area contributed by atoms with E-state index in [0.29, 0.717) is 113 Å². The van der Waals surface area contributed by atoms with Gasteiger partial charge in [-0.15, -0.1) is 0 Å². The first kappa shape index (κ1) is 47.4. The molecule has 8 bridgehead atoms. The summed E-state index contributed by atoms with van der Waals surface area (Å²) in [5.41, 5.74) is 6.10. The van der Waals surface area contributed by atoms with Crippen molar-refractivity contribution in [3.05, 3.63) is 145 Å². The molecule has 0 spiro atoms. The molecule has 2 aliphatic rings. The molecule has 2 N–H and O–H groups in total. The molecule has 16 rings (SSSR count). The van der Waals surface area contributed by atoms with Crippen LogP contribution in [0.25, 0.3) is 165 Å². The molecule has 0 amide bonds. The zero-order valence-electron chi connectivity index (χ0n) is 45.8. The predicted octanol–water partition coefficient (Wildman–Crippen LogP) is 15.6. The fourth-order valence-corrected chi connectivity index (χ4v) is 13.3. The molecule has 0 saturated carbocycles. The van der Waals surface area contributed by atoms with Gasteiger partial charge in [0.2, 0.25) is 0 Å². The van der Waals surface area contributed by atoms with Crippen LogP contribution < -0.4 is 28.4 Å². The summed E-state index contributed by atoms with van der Waals surface area (Å²) in [4.78, 5) is 40.8. The van der Waals surface area contributed by atoms with Crippen molar-refractivity contribution >= 4 is 120 Å². The van der Waals surface area contributed by atoms with Crippen LogP contribution in [0.15, 0.2) is 133 Å². The third kappa shape index (κ3) is 6.39. The minimum atomic E-state index is 0.317. The average Bonchev–Trinajstić information content (AvgIpc) is 3.21. The molecule has 82 heavy (non-hydrogen) atoms. The zero-order chi connectivity index (χ0) is 55.4. The number of aryl methyl sites for hydroxylation is 2. The van der Waals surface area contributed by atoms with Crippen molar-refractivity contribution in [2.24, 2.45) is 0 Å². The Bertz CT molecular complexity index is 5420. The first-order valence-electron chi connectivity index (χ1n) is 26.9. The summed E-state index contributed by atoms with van der Waals surface area (Å²) in [6.45, 7) is 4.21. The average molecular weight is 1070 g/mol. The Morgan fingerprint density at radius 2 is 0.524 bits per heavy atom. The van der Waals surface area contributed by atoms with Crippen LogP contribution in [-0.4, -0.2) is 82.5 Å². The van der Waals surface area contributed by atoms with Gasteiger partial charge >= 0.3 is 0 Å². The monoisotopic (exact) mass is 1070 g/mol.